The third-order valence-corrected chi connectivity index (χ3v) is 7.38. The number of halogens is 6. The molecule has 0 unspecified atom stereocenters. The molecule has 0 N–H and O–H groups in total. The Bertz CT molecular complexity index is 1760. The van der Waals surface area contributed by atoms with E-state index in [1.165, 1.54) is 12.1 Å². The predicted molar refractivity (Wildman–Crippen MR) is 145 cm³/mol. The van der Waals surface area contributed by atoms with Crippen molar-refractivity contribution in [1.82, 2.24) is 9.13 Å². The fourth-order valence-electron chi connectivity index (χ4n) is 5.30. The molecule has 0 amide bonds. The van der Waals surface area contributed by atoms with Crippen molar-refractivity contribution < 1.29 is 26.3 Å². The van der Waals surface area contributed by atoms with E-state index in [4.69, 9.17) is 0 Å². The molecule has 0 aliphatic rings. The number of fused-ring (bicyclic) bond motifs is 4. The lowest BCUT2D eigenvalue weighted by molar-refractivity contribution is -0.138. The van der Waals surface area contributed by atoms with Crippen LogP contribution >= 0.6 is 0 Å². The van der Waals surface area contributed by atoms with Crippen molar-refractivity contribution in [1.29, 1.82) is 0 Å². The monoisotopic (exact) mass is 560 g/mol. The van der Waals surface area contributed by atoms with Crippen molar-refractivity contribution in [3.63, 3.8) is 0 Å². The van der Waals surface area contributed by atoms with Gasteiger partial charge in [-0.15, -0.1) is 0 Å². The van der Waals surface area contributed by atoms with E-state index in [0.29, 0.717) is 37.0 Å². The highest BCUT2D eigenvalue weighted by molar-refractivity contribution is 6.04. The first kappa shape index (κ1) is 27.7. The van der Waals surface area contributed by atoms with Gasteiger partial charge in [0.2, 0.25) is 0 Å². The SMILES string of the molecule is CCCCn1c2cc(C(F)(F)F)ccc2c(=O)c2cc3c(cc21)c(=O)c1ccc(C(F)(F)F)cc1n3CCCC. The minimum atomic E-state index is -4.61. The predicted octanol–water partition coefficient (Wildman–Crippen LogP) is 8.26. The summed E-state index contributed by atoms with van der Waals surface area (Å²) in [6.07, 6.45) is -6.53. The highest BCUT2D eigenvalue weighted by Crippen LogP contribution is 2.34. The molecule has 3 aromatic carbocycles. The molecule has 0 aliphatic heterocycles. The van der Waals surface area contributed by atoms with Gasteiger partial charge < -0.3 is 9.13 Å². The summed E-state index contributed by atoms with van der Waals surface area (Å²) >= 11 is 0. The minimum Gasteiger partial charge on any atom is -0.340 e. The Morgan fingerprint density at radius 1 is 0.550 bits per heavy atom. The van der Waals surface area contributed by atoms with Gasteiger partial charge in [-0.1, -0.05) is 26.7 Å². The molecular formula is C30H26F6N2O2. The maximum absolute atomic E-state index is 13.6. The molecule has 0 saturated carbocycles. The van der Waals surface area contributed by atoms with Crippen LogP contribution in [0.3, 0.4) is 0 Å². The number of nitrogens with zero attached hydrogens (tertiary/aromatic N) is 2. The summed E-state index contributed by atoms with van der Waals surface area (Å²) < 4.78 is 84.7. The van der Waals surface area contributed by atoms with E-state index in [2.05, 4.69) is 0 Å². The Morgan fingerprint density at radius 3 is 1.23 bits per heavy atom. The molecule has 0 saturated heterocycles. The summed E-state index contributed by atoms with van der Waals surface area (Å²) in [7, 11) is 0. The fraction of sp³-hybridized carbons (Fsp3) is 0.333. The number of hydrogen-bond acceptors (Lipinski definition) is 2. The number of pyridine rings is 2. The second-order valence-electron chi connectivity index (χ2n) is 10.0. The molecule has 0 fully saturated rings. The number of aromatic nitrogens is 2. The molecule has 0 radical (unpaired) electrons. The normalized spacial score (nSPS) is 12.8. The summed E-state index contributed by atoms with van der Waals surface area (Å²) in [6.45, 7) is 4.47. The molecule has 2 aromatic heterocycles. The summed E-state index contributed by atoms with van der Waals surface area (Å²) in [5, 5.41) is 0.566. The first-order valence-corrected chi connectivity index (χ1v) is 13.1. The molecule has 0 atom stereocenters. The zero-order valence-electron chi connectivity index (χ0n) is 21.8. The van der Waals surface area contributed by atoms with Crippen molar-refractivity contribution in [2.45, 2.75) is 65.0 Å². The molecule has 4 nitrogen and oxygen atoms in total. The molecule has 2 heterocycles. The van der Waals surface area contributed by atoms with E-state index in [1.807, 2.05) is 13.8 Å². The number of hydrogen-bond donors (Lipinski definition) is 0. The van der Waals surface area contributed by atoms with Crippen molar-refractivity contribution in [2.24, 2.45) is 0 Å². The molecule has 0 bridgehead atoms. The molecule has 5 aromatic rings. The maximum atomic E-state index is 13.6. The van der Waals surface area contributed by atoms with Crippen LogP contribution in [-0.4, -0.2) is 9.13 Å². The lowest BCUT2D eigenvalue weighted by atomic mass is 10.0. The van der Waals surface area contributed by atoms with Crippen LogP contribution in [0.5, 0.6) is 0 Å². The van der Waals surface area contributed by atoms with E-state index in [0.717, 1.165) is 49.2 Å². The summed E-state index contributed by atoms with van der Waals surface area (Å²) in [6, 6.07) is 8.96. The van der Waals surface area contributed by atoms with Gasteiger partial charge in [0.15, 0.2) is 10.9 Å². The highest BCUT2D eigenvalue weighted by atomic mass is 19.4. The number of aryl methyl sites for hydroxylation is 2. The van der Waals surface area contributed by atoms with Crippen molar-refractivity contribution in [3.8, 4) is 0 Å². The summed E-state index contributed by atoms with van der Waals surface area (Å²) in [4.78, 5) is 27.3. The second kappa shape index (κ2) is 9.98. The van der Waals surface area contributed by atoms with Crippen LogP contribution in [0.4, 0.5) is 26.3 Å². The lowest BCUT2D eigenvalue weighted by Gasteiger charge is -2.20. The van der Waals surface area contributed by atoms with Gasteiger partial charge in [-0.05, 0) is 61.4 Å². The number of rotatable bonds is 6. The topological polar surface area (TPSA) is 44.0 Å². The first-order chi connectivity index (χ1) is 18.9. The first-order valence-electron chi connectivity index (χ1n) is 13.1. The fourth-order valence-corrected chi connectivity index (χ4v) is 5.30. The van der Waals surface area contributed by atoms with E-state index >= 15 is 0 Å². The van der Waals surface area contributed by atoms with Crippen LogP contribution in [0.1, 0.15) is 50.7 Å². The van der Waals surface area contributed by atoms with Gasteiger partial charge in [0.25, 0.3) is 0 Å². The zero-order chi connectivity index (χ0) is 29.0. The third kappa shape index (κ3) is 4.63. The van der Waals surface area contributed by atoms with E-state index < -0.39 is 34.3 Å². The Labute approximate surface area is 224 Å². The van der Waals surface area contributed by atoms with Gasteiger partial charge in [0, 0.05) is 34.6 Å². The van der Waals surface area contributed by atoms with E-state index in [9.17, 15) is 35.9 Å². The van der Waals surface area contributed by atoms with Crippen LogP contribution in [0.25, 0.3) is 43.6 Å². The maximum Gasteiger partial charge on any atom is 0.416 e. The van der Waals surface area contributed by atoms with Crippen molar-refractivity contribution >= 4 is 43.6 Å². The molecular weight excluding hydrogens is 534 g/mol. The quantitative estimate of drug-likeness (QED) is 0.155. The van der Waals surface area contributed by atoms with Crippen molar-refractivity contribution in [3.05, 3.63) is 80.1 Å². The molecule has 5 rings (SSSR count). The van der Waals surface area contributed by atoms with Crippen LogP contribution in [0.2, 0.25) is 0 Å². The van der Waals surface area contributed by atoms with Crippen LogP contribution in [0, 0.1) is 0 Å². The number of alkyl halides is 6. The molecule has 0 spiro atoms. The second-order valence-corrected chi connectivity index (χ2v) is 10.0. The molecule has 40 heavy (non-hydrogen) atoms. The minimum absolute atomic E-state index is 0.0959. The van der Waals surface area contributed by atoms with Gasteiger partial charge in [-0.25, -0.2) is 0 Å². The van der Waals surface area contributed by atoms with Gasteiger partial charge in [-0.2, -0.15) is 26.3 Å². The average Bonchev–Trinajstić information content (AvgIpc) is 2.91. The zero-order valence-corrected chi connectivity index (χ0v) is 21.8. The Kier molecular flexibility index (Phi) is 6.92. The molecule has 210 valence electrons. The van der Waals surface area contributed by atoms with Crippen molar-refractivity contribution in [2.75, 3.05) is 0 Å². The Balaban J connectivity index is 1.97. The van der Waals surface area contributed by atoms with Gasteiger partial charge in [-0.3, -0.25) is 9.59 Å². The lowest BCUT2D eigenvalue weighted by Crippen LogP contribution is -2.17. The largest absolute Gasteiger partial charge is 0.416 e. The third-order valence-electron chi connectivity index (χ3n) is 7.38. The average molecular weight is 561 g/mol. The van der Waals surface area contributed by atoms with Crippen LogP contribution < -0.4 is 10.9 Å². The van der Waals surface area contributed by atoms with Gasteiger partial charge >= 0.3 is 12.4 Å². The molecule has 10 heteroatoms. The summed E-state index contributed by atoms with van der Waals surface area (Å²) in [5.74, 6) is 0. The Hall–Kier alpha value is -3.82. The number of unbranched alkanes of at least 4 members (excludes halogenated alkanes) is 2. The van der Waals surface area contributed by atoms with Gasteiger partial charge in [0.05, 0.1) is 33.2 Å². The highest BCUT2D eigenvalue weighted by Gasteiger charge is 2.32. The molecule has 0 aliphatic carbocycles. The van der Waals surface area contributed by atoms with E-state index in [-0.39, 0.29) is 32.6 Å². The number of benzene rings is 3. The van der Waals surface area contributed by atoms with Gasteiger partial charge in [0.1, 0.15) is 0 Å². The Morgan fingerprint density at radius 2 is 0.900 bits per heavy atom. The smallest absolute Gasteiger partial charge is 0.340 e. The van der Waals surface area contributed by atoms with E-state index in [1.54, 1.807) is 9.13 Å². The summed E-state index contributed by atoms with van der Waals surface area (Å²) in [5.41, 5.74) is -1.95. The van der Waals surface area contributed by atoms with Crippen LogP contribution in [-0.2, 0) is 25.4 Å². The standard InChI is InChI=1S/C30H26F6N2O2/c1-3-5-11-37-23-13-17(29(31,32)33)7-9-19(23)27(39)21-16-26-22(15-25(21)37)28(40)20-10-8-18(30(34,35)36)14-24(20)38(26)12-6-4-2/h7-10,13-16H,3-6,11-12H2,1-2H3. The van der Waals surface area contributed by atoms with Crippen LogP contribution in [0.15, 0.2) is 58.1 Å².